The molecule has 0 aliphatic heterocycles. The summed E-state index contributed by atoms with van der Waals surface area (Å²) in [5.41, 5.74) is 1.17. The molecule has 0 amide bonds. The Balaban J connectivity index is 2.22. The lowest BCUT2D eigenvalue weighted by molar-refractivity contribution is 0.236. The van der Waals surface area contributed by atoms with Crippen molar-refractivity contribution in [3.63, 3.8) is 0 Å². The molecule has 0 saturated carbocycles. The van der Waals surface area contributed by atoms with Gasteiger partial charge in [-0.2, -0.15) is 0 Å². The second-order valence-electron chi connectivity index (χ2n) is 2.83. The maximum atomic E-state index is 5.33. The molecule has 15 heavy (non-hydrogen) atoms. The van der Waals surface area contributed by atoms with Gasteiger partial charge in [0.1, 0.15) is 6.61 Å². The standard InChI is InChI=1S/C13H13BrO/c14-10-6-1-2-7-11-15-12-13-8-4-3-5-9-13/h1-11H,12H2/b2-1+,10-6+,11-7+. The summed E-state index contributed by atoms with van der Waals surface area (Å²) < 4.78 is 5.33. The Labute approximate surface area is 98.9 Å². The van der Waals surface area contributed by atoms with Gasteiger partial charge in [0.15, 0.2) is 0 Å². The number of halogens is 1. The Kier molecular flexibility index (Phi) is 6.34. The number of rotatable bonds is 5. The summed E-state index contributed by atoms with van der Waals surface area (Å²) in [7, 11) is 0. The van der Waals surface area contributed by atoms with Gasteiger partial charge < -0.3 is 4.74 Å². The van der Waals surface area contributed by atoms with Crippen LogP contribution in [0.1, 0.15) is 5.56 Å². The molecule has 0 atom stereocenters. The summed E-state index contributed by atoms with van der Waals surface area (Å²) in [4.78, 5) is 1.79. The van der Waals surface area contributed by atoms with Crippen molar-refractivity contribution in [3.8, 4) is 0 Å². The largest absolute Gasteiger partial charge is 0.497 e. The fraction of sp³-hybridized carbons (Fsp3) is 0.0769. The van der Waals surface area contributed by atoms with Crippen molar-refractivity contribution >= 4 is 15.9 Å². The highest BCUT2D eigenvalue weighted by Gasteiger charge is 1.86. The summed E-state index contributed by atoms with van der Waals surface area (Å²) >= 11 is 3.18. The van der Waals surface area contributed by atoms with Crippen LogP contribution in [0.3, 0.4) is 0 Å². The van der Waals surface area contributed by atoms with Crippen LogP contribution in [0.2, 0.25) is 0 Å². The second kappa shape index (κ2) is 8.06. The molecule has 2 heteroatoms. The molecule has 1 aromatic rings. The molecule has 1 nitrogen and oxygen atoms in total. The van der Waals surface area contributed by atoms with E-state index in [1.54, 1.807) is 11.2 Å². The number of ether oxygens (including phenoxy) is 1. The molecule has 0 saturated heterocycles. The summed E-state index contributed by atoms with van der Waals surface area (Å²) in [6, 6.07) is 10.1. The van der Waals surface area contributed by atoms with Gasteiger partial charge in [0.25, 0.3) is 0 Å². The SMILES string of the molecule is Br/C=C/C=C/C=C/OCc1ccccc1. The molecule has 0 radical (unpaired) electrons. The minimum Gasteiger partial charge on any atom is -0.497 e. The first-order valence-corrected chi connectivity index (χ1v) is 5.59. The molecule has 0 spiro atoms. The Bertz CT molecular complexity index is 339. The van der Waals surface area contributed by atoms with Gasteiger partial charge in [0, 0.05) is 0 Å². The highest BCUT2D eigenvalue weighted by Crippen LogP contribution is 2.00. The van der Waals surface area contributed by atoms with Gasteiger partial charge in [-0.15, -0.1) is 0 Å². The normalized spacial score (nSPS) is 11.8. The molecule has 0 aromatic heterocycles. The first kappa shape index (κ1) is 11.8. The van der Waals surface area contributed by atoms with Crippen LogP contribution in [0, 0.1) is 0 Å². The van der Waals surface area contributed by atoms with Gasteiger partial charge in [-0.3, -0.25) is 0 Å². The Morgan fingerprint density at radius 1 is 1.00 bits per heavy atom. The second-order valence-corrected chi connectivity index (χ2v) is 3.36. The molecule has 0 fully saturated rings. The summed E-state index contributed by atoms with van der Waals surface area (Å²) in [6.45, 7) is 0.611. The highest BCUT2D eigenvalue weighted by molar-refractivity contribution is 9.11. The molecule has 0 aliphatic carbocycles. The van der Waals surface area contributed by atoms with Crippen molar-refractivity contribution in [2.24, 2.45) is 0 Å². The molecule has 0 unspecified atom stereocenters. The zero-order valence-corrected chi connectivity index (χ0v) is 9.93. The molecule has 1 aromatic carbocycles. The van der Waals surface area contributed by atoms with Crippen molar-refractivity contribution in [2.45, 2.75) is 6.61 Å². The van der Waals surface area contributed by atoms with Crippen LogP contribution in [0.4, 0.5) is 0 Å². The number of hydrogen-bond acceptors (Lipinski definition) is 1. The molecule has 78 valence electrons. The van der Waals surface area contributed by atoms with Gasteiger partial charge in [0.05, 0.1) is 6.26 Å². The topological polar surface area (TPSA) is 9.23 Å². The third-order valence-electron chi connectivity index (χ3n) is 1.67. The van der Waals surface area contributed by atoms with Crippen molar-refractivity contribution in [1.29, 1.82) is 0 Å². The van der Waals surface area contributed by atoms with E-state index in [-0.39, 0.29) is 0 Å². The lowest BCUT2D eigenvalue weighted by Gasteiger charge is -1.99. The van der Waals surface area contributed by atoms with Crippen LogP contribution in [-0.2, 0) is 11.3 Å². The van der Waals surface area contributed by atoms with E-state index in [0.29, 0.717) is 6.61 Å². The monoisotopic (exact) mass is 264 g/mol. The van der Waals surface area contributed by atoms with E-state index in [1.807, 2.05) is 54.6 Å². The van der Waals surface area contributed by atoms with Crippen molar-refractivity contribution in [3.05, 3.63) is 71.4 Å². The maximum absolute atomic E-state index is 5.33. The Hall–Kier alpha value is -1.28. The van der Waals surface area contributed by atoms with Crippen LogP contribution >= 0.6 is 15.9 Å². The molecule has 0 heterocycles. The van der Waals surface area contributed by atoms with Crippen molar-refractivity contribution in [2.75, 3.05) is 0 Å². The van der Waals surface area contributed by atoms with Gasteiger partial charge in [-0.25, -0.2) is 0 Å². The van der Waals surface area contributed by atoms with Gasteiger partial charge in [-0.1, -0.05) is 64.5 Å². The molecule has 0 bridgehead atoms. The summed E-state index contributed by atoms with van der Waals surface area (Å²) in [6.07, 6.45) is 9.25. The first-order chi connectivity index (χ1) is 7.43. The molecular weight excluding hydrogens is 252 g/mol. The average molecular weight is 265 g/mol. The van der Waals surface area contributed by atoms with E-state index in [2.05, 4.69) is 15.9 Å². The smallest absolute Gasteiger partial charge is 0.112 e. The van der Waals surface area contributed by atoms with E-state index in [1.165, 1.54) is 5.56 Å². The lowest BCUT2D eigenvalue weighted by Crippen LogP contribution is -1.84. The van der Waals surface area contributed by atoms with Crippen LogP contribution in [0.5, 0.6) is 0 Å². The van der Waals surface area contributed by atoms with Gasteiger partial charge in [0.2, 0.25) is 0 Å². The summed E-state index contributed by atoms with van der Waals surface area (Å²) in [5.74, 6) is 0. The predicted molar refractivity (Wildman–Crippen MR) is 67.6 cm³/mol. The fourth-order valence-corrected chi connectivity index (χ4v) is 1.17. The zero-order valence-electron chi connectivity index (χ0n) is 8.34. The van der Waals surface area contributed by atoms with E-state index < -0.39 is 0 Å². The fourth-order valence-electron chi connectivity index (χ4n) is 0.990. The van der Waals surface area contributed by atoms with Gasteiger partial charge >= 0.3 is 0 Å². The minimum atomic E-state index is 0.611. The third kappa shape index (κ3) is 5.92. The maximum Gasteiger partial charge on any atom is 0.112 e. The Morgan fingerprint density at radius 2 is 1.73 bits per heavy atom. The van der Waals surface area contributed by atoms with E-state index in [0.717, 1.165) is 0 Å². The summed E-state index contributed by atoms with van der Waals surface area (Å²) in [5, 5.41) is 0. The number of allylic oxidation sites excluding steroid dienone is 4. The minimum absolute atomic E-state index is 0.611. The van der Waals surface area contributed by atoms with Crippen LogP contribution < -0.4 is 0 Å². The highest BCUT2D eigenvalue weighted by atomic mass is 79.9. The third-order valence-corrected chi connectivity index (χ3v) is 1.98. The van der Waals surface area contributed by atoms with Crippen LogP contribution in [0.25, 0.3) is 0 Å². The van der Waals surface area contributed by atoms with E-state index >= 15 is 0 Å². The average Bonchev–Trinajstić information content (AvgIpc) is 2.29. The molecule has 1 rings (SSSR count). The Morgan fingerprint density at radius 3 is 2.47 bits per heavy atom. The van der Waals surface area contributed by atoms with Crippen molar-refractivity contribution < 1.29 is 4.74 Å². The lowest BCUT2D eigenvalue weighted by atomic mass is 10.2. The van der Waals surface area contributed by atoms with Gasteiger partial charge in [-0.05, 0) is 16.6 Å². The first-order valence-electron chi connectivity index (χ1n) is 4.67. The van der Waals surface area contributed by atoms with Crippen molar-refractivity contribution in [1.82, 2.24) is 0 Å². The predicted octanol–water partition coefficient (Wildman–Crippen LogP) is 4.18. The van der Waals surface area contributed by atoms with E-state index in [4.69, 9.17) is 4.74 Å². The van der Waals surface area contributed by atoms with Crippen LogP contribution in [-0.4, -0.2) is 0 Å². The molecule has 0 aliphatic rings. The number of hydrogen-bond donors (Lipinski definition) is 0. The molecule has 0 N–H and O–H groups in total. The van der Waals surface area contributed by atoms with Crippen LogP contribution in [0.15, 0.2) is 65.9 Å². The quantitative estimate of drug-likeness (QED) is 0.573. The van der Waals surface area contributed by atoms with E-state index in [9.17, 15) is 0 Å². The molecular formula is C13H13BrO. The number of benzene rings is 1. The zero-order chi connectivity index (χ0) is 10.8.